The van der Waals surface area contributed by atoms with Gasteiger partial charge in [0.2, 0.25) is 0 Å². The summed E-state index contributed by atoms with van der Waals surface area (Å²) in [5, 5.41) is 1.05. The number of nitrogens with two attached hydrogens (primary N) is 1. The SMILES string of the molecule is Cc1nc(CC(NN)c2ncccn2)sc1C. The van der Waals surface area contributed by atoms with Crippen LogP contribution in [0.2, 0.25) is 0 Å². The topological polar surface area (TPSA) is 76.7 Å². The summed E-state index contributed by atoms with van der Waals surface area (Å²) in [7, 11) is 0. The maximum atomic E-state index is 5.54. The molecule has 3 N–H and O–H groups in total. The highest BCUT2D eigenvalue weighted by molar-refractivity contribution is 7.11. The van der Waals surface area contributed by atoms with Crippen molar-refractivity contribution < 1.29 is 0 Å². The van der Waals surface area contributed by atoms with Gasteiger partial charge in [-0.25, -0.2) is 20.4 Å². The minimum absolute atomic E-state index is 0.0962. The Hall–Kier alpha value is -1.37. The molecule has 2 heterocycles. The molecule has 0 aliphatic heterocycles. The fraction of sp³-hybridized carbons (Fsp3) is 0.364. The predicted octanol–water partition coefficient (Wildman–Crippen LogP) is 1.30. The molecule has 6 heteroatoms. The second-order valence-electron chi connectivity index (χ2n) is 3.78. The highest BCUT2D eigenvalue weighted by Crippen LogP contribution is 2.21. The fourth-order valence-corrected chi connectivity index (χ4v) is 2.50. The van der Waals surface area contributed by atoms with E-state index >= 15 is 0 Å². The molecule has 5 nitrogen and oxygen atoms in total. The van der Waals surface area contributed by atoms with Gasteiger partial charge in [0, 0.05) is 23.7 Å². The van der Waals surface area contributed by atoms with Crippen molar-refractivity contribution in [1.82, 2.24) is 20.4 Å². The lowest BCUT2D eigenvalue weighted by atomic mass is 10.2. The van der Waals surface area contributed by atoms with Gasteiger partial charge < -0.3 is 0 Å². The molecule has 2 aromatic heterocycles. The summed E-state index contributed by atoms with van der Waals surface area (Å²) >= 11 is 1.69. The van der Waals surface area contributed by atoms with Crippen LogP contribution in [0.5, 0.6) is 0 Å². The molecule has 1 unspecified atom stereocenters. The van der Waals surface area contributed by atoms with E-state index in [0.29, 0.717) is 12.2 Å². The zero-order valence-corrected chi connectivity index (χ0v) is 10.7. The molecule has 0 saturated carbocycles. The van der Waals surface area contributed by atoms with E-state index in [2.05, 4.69) is 27.3 Å². The summed E-state index contributed by atoms with van der Waals surface area (Å²) in [5.41, 5.74) is 3.82. The van der Waals surface area contributed by atoms with E-state index in [-0.39, 0.29) is 6.04 Å². The molecule has 2 rings (SSSR count). The normalized spacial score (nSPS) is 12.6. The zero-order valence-electron chi connectivity index (χ0n) is 9.84. The Balaban J connectivity index is 2.15. The third-order valence-electron chi connectivity index (χ3n) is 2.55. The van der Waals surface area contributed by atoms with Crippen LogP contribution < -0.4 is 11.3 Å². The van der Waals surface area contributed by atoms with Crippen molar-refractivity contribution in [3.05, 3.63) is 39.9 Å². The highest BCUT2D eigenvalue weighted by atomic mass is 32.1. The van der Waals surface area contributed by atoms with Crippen LogP contribution in [0.4, 0.5) is 0 Å². The lowest BCUT2D eigenvalue weighted by molar-refractivity contribution is 0.521. The number of rotatable bonds is 4. The van der Waals surface area contributed by atoms with E-state index in [1.165, 1.54) is 4.88 Å². The Bertz CT molecular complexity index is 462. The smallest absolute Gasteiger partial charge is 0.146 e. The van der Waals surface area contributed by atoms with Gasteiger partial charge >= 0.3 is 0 Å². The van der Waals surface area contributed by atoms with E-state index in [1.807, 2.05) is 6.92 Å². The molecular weight excluding hydrogens is 234 g/mol. The fourth-order valence-electron chi connectivity index (χ4n) is 1.52. The van der Waals surface area contributed by atoms with Crippen molar-refractivity contribution in [2.45, 2.75) is 26.3 Å². The summed E-state index contributed by atoms with van der Waals surface area (Å²) in [4.78, 5) is 14.1. The first-order chi connectivity index (χ1) is 8.20. The summed E-state index contributed by atoms with van der Waals surface area (Å²) in [6, 6.07) is 1.69. The molecule has 17 heavy (non-hydrogen) atoms. The van der Waals surface area contributed by atoms with Gasteiger partial charge in [-0.05, 0) is 19.9 Å². The number of hydrazine groups is 1. The summed E-state index contributed by atoms with van der Waals surface area (Å²) < 4.78 is 0. The molecule has 0 amide bonds. The molecule has 1 atom stereocenters. The van der Waals surface area contributed by atoms with E-state index in [1.54, 1.807) is 29.8 Å². The minimum atomic E-state index is -0.0962. The lowest BCUT2D eigenvalue weighted by Crippen LogP contribution is -2.30. The van der Waals surface area contributed by atoms with Crippen molar-refractivity contribution in [1.29, 1.82) is 0 Å². The molecule has 0 aliphatic carbocycles. The van der Waals surface area contributed by atoms with E-state index < -0.39 is 0 Å². The van der Waals surface area contributed by atoms with Crippen molar-refractivity contribution in [3.63, 3.8) is 0 Å². The quantitative estimate of drug-likeness (QED) is 0.631. The first-order valence-corrected chi connectivity index (χ1v) is 6.18. The minimum Gasteiger partial charge on any atom is -0.271 e. The summed E-state index contributed by atoms with van der Waals surface area (Å²) in [6.07, 6.45) is 4.13. The second kappa shape index (κ2) is 5.31. The third kappa shape index (κ3) is 2.85. The van der Waals surface area contributed by atoms with E-state index in [9.17, 15) is 0 Å². The van der Waals surface area contributed by atoms with E-state index in [0.717, 1.165) is 10.7 Å². The molecule has 0 bridgehead atoms. The highest BCUT2D eigenvalue weighted by Gasteiger charge is 2.15. The Morgan fingerprint density at radius 2 is 2.06 bits per heavy atom. The van der Waals surface area contributed by atoms with Gasteiger partial charge in [-0.3, -0.25) is 5.84 Å². The summed E-state index contributed by atoms with van der Waals surface area (Å²) in [6.45, 7) is 4.08. The molecule has 90 valence electrons. The standard InChI is InChI=1S/C11H15N5S/c1-7-8(2)17-10(15-7)6-9(16-12)11-13-4-3-5-14-11/h3-5,9,16H,6,12H2,1-2H3. The van der Waals surface area contributed by atoms with Crippen LogP contribution in [-0.2, 0) is 6.42 Å². The van der Waals surface area contributed by atoms with Gasteiger partial charge in [0.25, 0.3) is 0 Å². The Morgan fingerprint density at radius 3 is 2.59 bits per heavy atom. The van der Waals surface area contributed by atoms with Crippen molar-refractivity contribution in [3.8, 4) is 0 Å². The number of hydrogen-bond acceptors (Lipinski definition) is 6. The molecule has 0 fully saturated rings. The molecule has 0 saturated heterocycles. The number of thiazole rings is 1. The number of hydrogen-bond donors (Lipinski definition) is 2. The molecule has 0 radical (unpaired) electrons. The van der Waals surface area contributed by atoms with Gasteiger partial charge in [0.15, 0.2) is 0 Å². The Kier molecular flexibility index (Phi) is 3.78. The monoisotopic (exact) mass is 249 g/mol. The van der Waals surface area contributed by atoms with Gasteiger partial charge in [0.1, 0.15) is 5.82 Å². The zero-order chi connectivity index (χ0) is 12.3. The van der Waals surface area contributed by atoms with Crippen molar-refractivity contribution in [2.75, 3.05) is 0 Å². The molecule has 0 aromatic carbocycles. The average molecular weight is 249 g/mol. The molecular formula is C11H15N5S. The van der Waals surface area contributed by atoms with Crippen LogP contribution in [0.1, 0.15) is 27.4 Å². The largest absolute Gasteiger partial charge is 0.271 e. The molecule has 2 aromatic rings. The van der Waals surface area contributed by atoms with Crippen LogP contribution in [0.3, 0.4) is 0 Å². The maximum absolute atomic E-state index is 5.54. The van der Waals surface area contributed by atoms with Crippen LogP contribution >= 0.6 is 11.3 Å². The number of nitrogens with zero attached hydrogens (tertiary/aromatic N) is 3. The van der Waals surface area contributed by atoms with Gasteiger partial charge in [-0.1, -0.05) is 0 Å². The Morgan fingerprint density at radius 1 is 1.35 bits per heavy atom. The average Bonchev–Trinajstić information content (AvgIpc) is 2.67. The van der Waals surface area contributed by atoms with Gasteiger partial charge in [0.05, 0.1) is 16.7 Å². The molecule has 0 spiro atoms. The van der Waals surface area contributed by atoms with Crippen LogP contribution in [0.25, 0.3) is 0 Å². The van der Waals surface area contributed by atoms with Crippen LogP contribution in [0.15, 0.2) is 18.5 Å². The first kappa shape index (κ1) is 12.1. The van der Waals surface area contributed by atoms with Crippen molar-refractivity contribution >= 4 is 11.3 Å². The number of aryl methyl sites for hydroxylation is 2. The van der Waals surface area contributed by atoms with E-state index in [4.69, 9.17) is 5.84 Å². The molecule has 0 aliphatic rings. The van der Waals surface area contributed by atoms with Gasteiger partial charge in [-0.2, -0.15) is 0 Å². The predicted molar refractivity (Wildman–Crippen MR) is 67.4 cm³/mol. The van der Waals surface area contributed by atoms with Crippen molar-refractivity contribution in [2.24, 2.45) is 5.84 Å². The second-order valence-corrected chi connectivity index (χ2v) is 5.07. The van der Waals surface area contributed by atoms with Gasteiger partial charge in [-0.15, -0.1) is 11.3 Å². The number of nitrogens with one attached hydrogen (secondary N) is 1. The summed E-state index contributed by atoms with van der Waals surface area (Å²) in [5.74, 6) is 6.24. The Labute approximate surface area is 104 Å². The first-order valence-electron chi connectivity index (χ1n) is 5.36. The van der Waals surface area contributed by atoms with Crippen LogP contribution in [0, 0.1) is 13.8 Å². The lowest BCUT2D eigenvalue weighted by Gasteiger charge is -2.12. The number of aromatic nitrogens is 3. The third-order valence-corrected chi connectivity index (χ3v) is 3.65. The van der Waals surface area contributed by atoms with Crippen LogP contribution in [-0.4, -0.2) is 15.0 Å². The maximum Gasteiger partial charge on any atom is 0.146 e.